The Labute approximate surface area is 224 Å². The molecule has 0 bridgehead atoms. The highest BCUT2D eigenvalue weighted by molar-refractivity contribution is 14.1. The van der Waals surface area contributed by atoms with Gasteiger partial charge < -0.3 is 18.5 Å². The quantitative estimate of drug-likeness (QED) is 0.161. The maximum absolute atomic E-state index is 15.6. The summed E-state index contributed by atoms with van der Waals surface area (Å²) in [7, 11) is -2.36. The van der Waals surface area contributed by atoms with E-state index in [2.05, 4.69) is 61.4 Å². The van der Waals surface area contributed by atoms with Crippen LogP contribution in [0.15, 0.2) is 65.5 Å². The lowest BCUT2D eigenvalue weighted by atomic mass is 9.95. The zero-order valence-electron chi connectivity index (χ0n) is 21.0. The monoisotopic (exact) mass is 620 g/mol. The lowest BCUT2D eigenvalue weighted by Crippen LogP contribution is -2.42. The molecule has 4 rings (SSSR count). The number of carboxylic acid groups (broad SMARTS) is 1. The van der Waals surface area contributed by atoms with Gasteiger partial charge in [0.1, 0.15) is 11.4 Å². The van der Waals surface area contributed by atoms with Gasteiger partial charge in [0.05, 0.1) is 18.4 Å². The average Bonchev–Trinajstić information content (AvgIpc) is 3.45. The smallest absolute Gasteiger partial charge is 0.372 e. The van der Waals surface area contributed by atoms with Crippen molar-refractivity contribution >= 4 is 47.8 Å². The molecule has 1 N–H and O–H groups in total. The first-order valence-electron chi connectivity index (χ1n) is 11.7. The Morgan fingerprint density at radius 3 is 2.61 bits per heavy atom. The number of nitrogens with zero attached hydrogens (tertiary/aromatic N) is 2. The van der Waals surface area contributed by atoms with E-state index in [0.717, 1.165) is 14.5 Å². The van der Waals surface area contributed by atoms with Crippen molar-refractivity contribution < 1.29 is 23.1 Å². The van der Waals surface area contributed by atoms with Crippen LogP contribution < -0.4 is 0 Å². The van der Waals surface area contributed by atoms with Crippen LogP contribution in [-0.4, -0.2) is 28.9 Å². The second kappa shape index (κ2) is 10.1. The number of benzene rings is 2. The number of carbonyl (C=O) groups is 1. The van der Waals surface area contributed by atoms with Crippen molar-refractivity contribution in [3.63, 3.8) is 0 Å². The van der Waals surface area contributed by atoms with E-state index in [9.17, 15) is 9.90 Å². The van der Waals surface area contributed by atoms with Crippen molar-refractivity contribution in [1.82, 2.24) is 9.55 Å². The van der Waals surface area contributed by atoms with Crippen LogP contribution >= 0.6 is 22.6 Å². The topological polar surface area (TPSA) is 77.5 Å². The lowest BCUT2D eigenvalue weighted by molar-refractivity contribution is 0.0673. The number of rotatable bonds is 8. The minimum Gasteiger partial charge on any atom is -0.475 e. The van der Waals surface area contributed by atoms with Gasteiger partial charge in [0.25, 0.3) is 0 Å². The van der Waals surface area contributed by atoms with Crippen LogP contribution in [0.1, 0.15) is 61.1 Å². The van der Waals surface area contributed by atoms with E-state index in [1.807, 2.05) is 24.3 Å². The van der Waals surface area contributed by atoms with Crippen molar-refractivity contribution in [2.75, 3.05) is 0 Å². The van der Waals surface area contributed by atoms with Crippen molar-refractivity contribution in [3.05, 3.63) is 87.5 Å². The highest BCUT2D eigenvalue weighted by atomic mass is 127. The molecule has 0 aliphatic carbocycles. The molecule has 0 spiro atoms. The van der Waals surface area contributed by atoms with Crippen LogP contribution in [-0.2, 0) is 4.43 Å². The van der Waals surface area contributed by atoms with Crippen LogP contribution in [0.25, 0.3) is 11.0 Å². The fourth-order valence-corrected chi connectivity index (χ4v) is 6.12. The number of aromatic carboxylic acids is 1. The van der Waals surface area contributed by atoms with Crippen LogP contribution in [0.2, 0.25) is 18.1 Å². The molecule has 36 heavy (non-hydrogen) atoms. The third-order valence-electron chi connectivity index (χ3n) is 7.06. The summed E-state index contributed by atoms with van der Waals surface area (Å²) >= 11 is 2.25. The summed E-state index contributed by atoms with van der Waals surface area (Å²) in [5.41, 5.74) is 1.83. The van der Waals surface area contributed by atoms with Gasteiger partial charge >= 0.3 is 5.97 Å². The lowest BCUT2D eigenvalue weighted by Gasteiger charge is -2.40. The molecular formula is C27H30FIN2O4Si. The fourth-order valence-electron chi connectivity index (χ4n) is 4.09. The summed E-state index contributed by atoms with van der Waals surface area (Å²) in [4.78, 5) is 16.1. The second-order valence-electron chi connectivity index (χ2n) is 10.4. The average molecular weight is 621 g/mol. The van der Waals surface area contributed by atoms with Gasteiger partial charge in [-0.05, 0) is 64.5 Å². The van der Waals surface area contributed by atoms with Crippen LogP contribution in [0.4, 0.5) is 4.39 Å². The Morgan fingerprint density at radius 1 is 1.22 bits per heavy atom. The predicted molar refractivity (Wildman–Crippen MR) is 148 cm³/mol. The molecule has 0 aliphatic heterocycles. The highest BCUT2D eigenvalue weighted by Gasteiger charge is 2.41. The molecule has 2 heterocycles. The van der Waals surface area contributed by atoms with Gasteiger partial charge in [-0.3, -0.25) is 0 Å². The van der Waals surface area contributed by atoms with Gasteiger partial charge in [0.2, 0.25) is 5.82 Å². The Morgan fingerprint density at radius 2 is 1.94 bits per heavy atom. The molecule has 0 saturated carbocycles. The maximum Gasteiger partial charge on any atom is 0.372 e. The molecule has 0 radical (unpaired) electrons. The number of furan rings is 1. The van der Waals surface area contributed by atoms with Crippen LogP contribution in [0.3, 0.4) is 0 Å². The summed E-state index contributed by atoms with van der Waals surface area (Å²) in [6, 6.07) is 12.3. The molecule has 6 nitrogen and oxygen atoms in total. The van der Waals surface area contributed by atoms with Gasteiger partial charge in [0, 0.05) is 39.4 Å². The standard InChI is InChI=1S/C27H30FIN2O4Si/c1-27(2,3)36(4,5)35-24(19-14-17-10-13-34-23(17)15-20(19)28)16-22(18-8-6-7-9-21(18)29)31-12-11-30-25(31)26(32)33/h6-15,22,24H,16H2,1-5H3,(H,32,33)/t22-,24-/m0/s1. The Balaban J connectivity index is 1.88. The number of carboxylic acids is 1. The summed E-state index contributed by atoms with van der Waals surface area (Å²) in [5, 5.41) is 10.5. The van der Waals surface area contributed by atoms with Crippen molar-refractivity contribution in [2.24, 2.45) is 0 Å². The molecule has 2 atom stereocenters. The van der Waals surface area contributed by atoms with E-state index in [0.29, 0.717) is 17.6 Å². The van der Waals surface area contributed by atoms with E-state index in [1.54, 1.807) is 22.9 Å². The molecule has 0 unspecified atom stereocenters. The van der Waals surface area contributed by atoms with Crippen LogP contribution in [0, 0.1) is 9.39 Å². The molecule has 0 aliphatic rings. The second-order valence-corrected chi connectivity index (χ2v) is 16.4. The molecule has 2 aromatic heterocycles. The van der Waals surface area contributed by atoms with E-state index in [-0.39, 0.29) is 10.9 Å². The highest BCUT2D eigenvalue weighted by Crippen LogP contribution is 2.44. The molecule has 0 fully saturated rings. The number of hydrogen-bond acceptors (Lipinski definition) is 4. The van der Waals surface area contributed by atoms with Crippen molar-refractivity contribution in [3.8, 4) is 0 Å². The first-order valence-corrected chi connectivity index (χ1v) is 15.7. The zero-order valence-corrected chi connectivity index (χ0v) is 24.1. The van der Waals surface area contributed by atoms with Crippen LogP contribution in [0.5, 0.6) is 0 Å². The van der Waals surface area contributed by atoms with E-state index in [4.69, 9.17) is 8.84 Å². The molecule has 0 amide bonds. The summed E-state index contributed by atoms with van der Waals surface area (Å²) in [6.07, 6.45) is 4.38. The van der Waals surface area contributed by atoms with Gasteiger partial charge in [0.15, 0.2) is 8.32 Å². The maximum atomic E-state index is 15.6. The summed E-state index contributed by atoms with van der Waals surface area (Å²) < 4.78 is 30.5. The van der Waals surface area contributed by atoms with Gasteiger partial charge in [-0.1, -0.05) is 39.0 Å². The zero-order chi connectivity index (χ0) is 26.3. The van der Waals surface area contributed by atoms with Gasteiger partial charge in [-0.15, -0.1) is 0 Å². The Hall–Kier alpha value is -2.50. The number of hydrogen-bond donors (Lipinski definition) is 1. The van der Waals surface area contributed by atoms with Gasteiger partial charge in [-0.2, -0.15) is 0 Å². The molecule has 190 valence electrons. The summed E-state index contributed by atoms with van der Waals surface area (Å²) in [6.45, 7) is 10.7. The minimum absolute atomic E-state index is 0.0727. The molecule has 4 aromatic rings. The predicted octanol–water partition coefficient (Wildman–Crippen LogP) is 7.81. The normalized spacial score (nSPS) is 14.2. The third-order valence-corrected chi connectivity index (χ3v) is 12.5. The Kier molecular flexibility index (Phi) is 7.45. The minimum atomic E-state index is -2.36. The SMILES string of the molecule is CC(C)(C)[Si](C)(C)O[C@@H](C[C@@H](c1ccccc1I)n1ccnc1C(=O)O)c1cc2ccoc2cc1F. The number of halogens is 2. The fraction of sp³-hybridized carbons (Fsp3) is 0.333. The largest absolute Gasteiger partial charge is 0.475 e. The third kappa shape index (κ3) is 5.28. The van der Waals surface area contributed by atoms with E-state index >= 15 is 4.39 Å². The number of aromatic nitrogens is 2. The number of imidazole rings is 1. The summed E-state index contributed by atoms with van der Waals surface area (Å²) in [5.74, 6) is -1.60. The number of fused-ring (bicyclic) bond motifs is 1. The van der Waals surface area contributed by atoms with Crippen molar-refractivity contribution in [1.29, 1.82) is 0 Å². The van der Waals surface area contributed by atoms with E-state index < -0.39 is 32.2 Å². The molecule has 2 aromatic carbocycles. The first-order chi connectivity index (χ1) is 16.9. The molecule has 0 saturated heterocycles. The molecular weight excluding hydrogens is 590 g/mol. The molecule has 9 heteroatoms. The van der Waals surface area contributed by atoms with Crippen molar-refractivity contribution in [2.45, 2.75) is 57.5 Å². The van der Waals surface area contributed by atoms with Gasteiger partial charge in [-0.25, -0.2) is 14.2 Å². The van der Waals surface area contributed by atoms with E-state index in [1.165, 1.54) is 18.5 Å². The Bertz CT molecular complexity index is 1390. The first kappa shape index (κ1) is 26.6.